The van der Waals surface area contributed by atoms with Gasteiger partial charge in [-0.1, -0.05) is 44.2 Å². The minimum Gasteiger partial charge on any atom is -0.481 e. The minimum atomic E-state index is -0.922. The van der Waals surface area contributed by atoms with E-state index in [0.29, 0.717) is 0 Å². The molecule has 18 heavy (non-hydrogen) atoms. The zero-order valence-corrected chi connectivity index (χ0v) is 10.5. The van der Waals surface area contributed by atoms with E-state index >= 15 is 0 Å². The third-order valence-electron chi connectivity index (χ3n) is 1.80. The quantitative estimate of drug-likeness (QED) is 0.806. The maximum absolute atomic E-state index is 10.1. The molecule has 4 nitrogen and oxygen atoms in total. The topological polar surface area (TPSA) is 74.6 Å². The number of benzene rings is 1. The Labute approximate surface area is 107 Å². The van der Waals surface area contributed by atoms with E-state index in [0.717, 1.165) is 11.6 Å². The average molecular weight is 250 g/mol. The maximum Gasteiger partial charge on any atom is 0.328 e. The molecule has 98 valence electrons. The molecule has 1 rings (SSSR count). The smallest absolute Gasteiger partial charge is 0.328 e. The van der Waals surface area contributed by atoms with Crippen molar-refractivity contribution >= 4 is 18.0 Å². The first-order chi connectivity index (χ1) is 8.41. The molecule has 0 aliphatic rings. The Morgan fingerprint density at radius 3 is 2.06 bits per heavy atom. The van der Waals surface area contributed by atoms with Gasteiger partial charge in [-0.3, -0.25) is 4.79 Å². The highest BCUT2D eigenvalue weighted by molar-refractivity contribution is 5.85. The molecule has 0 unspecified atom stereocenters. The molecule has 0 atom stereocenters. The van der Waals surface area contributed by atoms with Gasteiger partial charge in [0, 0.05) is 12.5 Å². The third-order valence-corrected chi connectivity index (χ3v) is 1.80. The highest BCUT2D eigenvalue weighted by atomic mass is 16.4. The van der Waals surface area contributed by atoms with Gasteiger partial charge in [0.15, 0.2) is 0 Å². The van der Waals surface area contributed by atoms with E-state index in [-0.39, 0.29) is 12.3 Å². The Morgan fingerprint density at radius 1 is 1.17 bits per heavy atom. The Bertz CT molecular complexity index is 394. The molecule has 4 heteroatoms. The van der Waals surface area contributed by atoms with E-state index in [1.54, 1.807) is 6.08 Å². The summed E-state index contributed by atoms with van der Waals surface area (Å²) in [5.74, 6) is -1.36. The van der Waals surface area contributed by atoms with E-state index in [1.165, 1.54) is 0 Å². The van der Waals surface area contributed by atoms with Crippen molar-refractivity contribution in [2.75, 3.05) is 0 Å². The summed E-state index contributed by atoms with van der Waals surface area (Å²) in [7, 11) is 0. The van der Waals surface area contributed by atoms with Crippen molar-refractivity contribution in [3.05, 3.63) is 42.0 Å². The standard InChI is InChI=1S/C9H8O2.C5H10O2/c10-9(11)7-6-8-4-2-1-3-5-8;1-4(2)3-5(6)7/h1-7H,(H,10,11);4H,3H2,1-2H3,(H,6,7). The van der Waals surface area contributed by atoms with Crippen LogP contribution in [0, 0.1) is 5.92 Å². The SMILES string of the molecule is CC(C)CC(=O)O.O=C(O)C=Cc1ccccc1. The first kappa shape index (κ1) is 15.9. The van der Waals surface area contributed by atoms with E-state index < -0.39 is 11.9 Å². The van der Waals surface area contributed by atoms with Crippen LogP contribution in [0.4, 0.5) is 0 Å². The van der Waals surface area contributed by atoms with Gasteiger partial charge in [0.2, 0.25) is 0 Å². The number of carboxylic acid groups (broad SMARTS) is 2. The number of carboxylic acids is 2. The summed E-state index contributed by atoms with van der Waals surface area (Å²) in [4.78, 5) is 19.9. The van der Waals surface area contributed by atoms with Gasteiger partial charge in [0.1, 0.15) is 0 Å². The van der Waals surface area contributed by atoms with Crippen molar-refractivity contribution in [2.24, 2.45) is 5.92 Å². The van der Waals surface area contributed by atoms with Crippen LogP contribution in [0.3, 0.4) is 0 Å². The van der Waals surface area contributed by atoms with Crippen LogP contribution in [-0.4, -0.2) is 22.2 Å². The Morgan fingerprint density at radius 2 is 1.72 bits per heavy atom. The van der Waals surface area contributed by atoms with Crippen LogP contribution < -0.4 is 0 Å². The van der Waals surface area contributed by atoms with Crippen LogP contribution in [-0.2, 0) is 9.59 Å². The van der Waals surface area contributed by atoms with Gasteiger partial charge >= 0.3 is 11.9 Å². The zero-order valence-electron chi connectivity index (χ0n) is 10.5. The molecule has 0 aliphatic carbocycles. The summed E-state index contributed by atoms with van der Waals surface area (Å²) >= 11 is 0. The fourth-order valence-electron chi connectivity index (χ4n) is 1.08. The summed E-state index contributed by atoms with van der Waals surface area (Å²) < 4.78 is 0. The molecule has 0 heterocycles. The van der Waals surface area contributed by atoms with Gasteiger partial charge in [-0.05, 0) is 17.6 Å². The number of hydrogen-bond donors (Lipinski definition) is 2. The molecule has 0 radical (unpaired) electrons. The van der Waals surface area contributed by atoms with Crippen LogP contribution in [0.5, 0.6) is 0 Å². The number of aliphatic carboxylic acids is 2. The summed E-state index contributed by atoms with van der Waals surface area (Å²) in [6.45, 7) is 3.77. The second-order valence-electron chi connectivity index (χ2n) is 4.07. The largest absolute Gasteiger partial charge is 0.481 e. The molecule has 0 amide bonds. The lowest BCUT2D eigenvalue weighted by atomic mass is 10.1. The fraction of sp³-hybridized carbons (Fsp3) is 0.286. The monoisotopic (exact) mass is 250 g/mol. The molecule has 1 aromatic rings. The molecule has 0 fully saturated rings. The Hall–Kier alpha value is -2.10. The number of carbonyl (C=O) groups is 2. The van der Waals surface area contributed by atoms with Gasteiger partial charge in [-0.25, -0.2) is 4.79 Å². The second kappa shape index (κ2) is 8.98. The predicted octanol–water partition coefficient (Wildman–Crippen LogP) is 2.90. The lowest BCUT2D eigenvalue weighted by Crippen LogP contribution is -1.99. The number of hydrogen-bond acceptors (Lipinski definition) is 2. The second-order valence-corrected chi connectivity index (χ2v) is 4.07. The molecule has 0 aromatic heterocycles. The van der Waals surface area contributed by atoms with Crippen molar-refractivity contribution in [3.8, 4) is 0 Å². The van der Waals surface area contributed by atoms with Crippen molar-refractivity contribution < 1.29 is 19.8 Å². The third kappa shape index (κ3) is 10.4. The van der Waals surface area contributed by atoms with Crippen molar-refractivity contribution in [2.45, 2.75) is 20.3 Å². The van der Waals surface area contributed by atoms with Crippen molar-refractivity contribution in [1.82, 2.24) is 0 Å². The van der Waals surface area contributed by atoms with E-state index in [4.69, 9.17) is 10.2 Å². The highest BCUT2D eigenvalue weighted by Crippen LogP contribution is 2.00. The first-order valence-corrected chi connectivity index (χ1v) is 5.59. The minimum absolute atomic E-state index is 0.275. The molecule has 2 N–H and O–H groups in total. The average Bonchev–Trinajstić information content (AvgIpc) is 2.26. The van der Waals surface area contributed by atoms with Gasteiger partial charge < -0.3 is 10.2 Å². The molecule has 1 aromatic carbocycles. The summed E-state index contributed by atoms with van der Waals surface area (Å²) in [6.07, 6.45) is 2.96. The van der Waals surface area contributed by atoms with Crippen molar-refractivity contribution in [1.29, 1.82) is 0 Å². The highest BCUT2D eigenvalue weighted by Gasteiger charge is 1.98. The van der Waals surface area contributed by atoms with Crippen LogP contribution in [0.25, 0.3) is 6.08 Å². The van der Waals surface area contributed by atoms with Gasteiger partial charge in [0.25, 0.3) is 0 Å². The zero-order chi connectivity index (χ0) is 14.0. The van der Waals surface area contributed by atoms with Crippen LogP contribution in [0.2, 0.25) is 0 Å². The lowest BCUT2D eigenvalue weighted by molar-refractivity contribution is -0.137. The van der Waals surface area contributed by atoms with Crippen LogP contribution >= 0.6 is 0 Å². The lowest BCUT2D eigenvalue weighted by Gasteiger charge is -1.94. The number of rotatable bonds is 4. The first-order valence-electron chi connectivity index (χ1n) is 5.59. The molecule has 0 saturated carbocycles. The molecule has 0 bridgehead atoms. The molecular formula is C14H18O4. The van der Waals surface area contributed by atoms with Gasteiger partial charge in [0.05, 0.1) is 0 Å². The molecule has 0 aliphatic heterocycles. The van der Waals surface area contributed by atoms with Crippen LogP contribution in [0.15, 0.2) is 36.4 Å². The van der Waals surface area contributed by atoms with E-state index in [1.807, 2.05) is 44.2 Å². The van der Waals surface area contributed by atoms with Crippen LogP contribution in [0.1, 0.15) is 25.8 Å². The van der Waals surface area contributed by atoms with Gasteiger partial charge in [-0.2, -0.15) is 0 Å². The van der Waals surface area contributed by atoms with Gasteiger partial charge in [-0.15, -0.1) is 0 Å². The molecular weight excluding hydrogens is 232 g/mol. The van der Waals surface area contributed by atoms with E-state index in [9.17, 15) is 9.59 Å². The fourth-order valence-corrected chi connectivity index (χ4v) is 1.08. The normalized spacial score (nSPS) is 9.94. The molecule has 0 spiro atoms. The molecule has 0 saturated heterocycles. The summed E-state index contributed by atoms with van der Waals surface area (Å²) in [5, 5.41) is 16.4. The Balaban J connectivity index is 0.000000360. The summed E-state index contributed by atoms with van der Waals surface area (Å²) in [5.41, 5.74) is 0.898. The maximum atomic E-state index is 10.1. The Kier molecular flexibility index (Phi) is 7.94. The van der Waals surface area contributed by atoms with Crippen molar-refractivity contribution in [3.63, 3.8) is 0 Å². The van der Waals surface area contributed by atoms with E-state index in [2.05, 4.69) is 0 Å². The summed E-state index contributed by atoms with van der Waals surface area (Å²) in [6, 6.07) is 9.31. The predicted molar refractivity (Wildman–Crippen MR) is 70.2 cm³/mol.